The number of hydrogen-bond acceptors (Lipinski definition) is 6. The zero-order valence-electron chi connectivity index (χ0n) is 31.6. The normalized spacial score (nSPS) is 23.0. The smallest absolute Gasteiger partial charge is 0.236 e. The summed E-state index contributed by atoms with van der Waals surface area (Å²) in [6.45, 7) is 10.7. The van der Waals surface area contributed by atoms with Crippen LogP contribution in [0, 0.1) is 5.41 Å². The van der Waals surface area contributed by atoms with Crippen LogP contribution in [0.4, 0.5) is 15.9 Å². The van der Waals surface area contributed by atoms with E-state index in [4.69, 9.17) is 0 Å². The second kappa shape index (κ2) is 14.2. The first-order chi connectivity index (χ1) is 26.3. The number of likely N-dealkylation sites (tertiary alicyclic amines) is 1. The first-order valence-corrected chi connectivity index (χ1v) is 20.1. The van der Waals surface area contributed by atoms with Crippen molar-refractivity contribution in [3.05, 3.63) is 124 Å². The van der Waals surface area contributed by atoms with Gasteiger partial charge in [-0.15, -0.1) is 0 Å². The van der Waals surface area contributed by atoms with Gasteiger partial charge in [-0.25, -0.2) is 0 Å². The van der Waals surface area contributed by atoms with Crippen LogP contribution in [0.15, 0.2) is 84.9 Å². The van der Waals surface area contributed by atoms with Gasteiger partial charge in [0.1, 0.15) is 0 Å². The van der Waals surface area contributed by atoms with Crippen molar-refractivity contribution >= 4 is 23.1 Å². The van der Waals surface area contributed by atoms with Crippen LogP contribution in [0.1, 0.15) is 88.7 Å². The number of aryl methyl sites for hydroxylation is 3. The molecule has 0 N–H and O–H groups in total. The van der Waals surface area contributed by atoms with Crippen LogP contribution in [0.25, 0.3) is 0 Å². The van der Waals surface area contributed by atoms with Gasteiger partial charge in [0.15, 0.2) is 11.5 Å². The molecule has 1 aliphatic carbocycles. The van der Waals surface area contributed by atoms with E-state index in [-0.39, 0.29) is 28.8 Å². The maximum atomic E-state index is 13.6. The number of piperazine rings is 1. The van der Waals surface area contributed by atoms with E-state index in [0.29, 0.717) is 18.5 Å². The fourth-order valence-electron chi connectivity index (χ4n) is 10.6. The number of anilines is 2. The van der Waals surface area contributed by atoms with Gasteiger partial charge in [0.25, 0.3) is 0 Å². The third kappa shape index (κ3) is 6.36. The molecule has 54 heavy (non-hydrogen) atoms. The number of Topliss-reactive ketones (excluding diaryl/α,β-unsaturated/α-hetero) is 1. The fraction of sp³-hybridized carbons (Fsp3) is 0.435. The second-order valence-electron chi connectivity index (χ2n) is 16.7. The van der Waals surface area contributed by atoms with Gasteiger partial charge in [-0.1, -0.05) is 55.5 Å². The Hall–Kier alpha value is -4.69. The summed E-state index contributed by atoms with van der Waals surface area (Å²) in [5.41, 5.74) is 11.1. The Morgan fingerprint density at radius 3 is 2.41 bits per heavy atom. The summed E-state index contributed by atoms with van der Waals surface area (Å²) < 4.78 is 13.1. The van der Waals surface area contributed by atoms with Gasteiger partial charge in [-0.3, -0.25) is 19.4 Å². The summed E-state index contributed by atoms with van der Waals surface area (Å²) in [6, 6.07) is 30.4. The van der Waals surface area contributed by atoms with Crippen LogP contribution in [0.5, 0.6) is 5.75 Å². The minimum Gasteiger partial charge on any atom is -0.371 e. The van der Waals surface area contributed by atoms with Crippen molar-refractivity contribution in [2.45, 2.75) is 70.3 Å². The van der Waals surface area contributed by atoms with Crippen LogP contribution in [0.2, 0.25) is 0 Å². The van der Waals surface area contributed by atoms with Crippen molar-refractivity contribution in [2.24, 2.45) is 5.41 Å². The Labute approximate surface area is 318 Å². The molecule has 3 atom stereocenters. The summed E-state index contributed by atoms with van der Waals surface area (Å²) in [6.07, 6.45) is 5.90. The van der Waals surface area contributed by atoms with Crippen LogP contribution in [-0.2, 0) is 24.1 Å². The summed E-state index contributed by atoms with van der Waals surface area (Å²) >= 11 is 0. The number of carbonyl (C=O) groups is 2. The van der Waals surface area contributed by atoms with Crippen LogP contribution in [0.3, 0.4) is 0 Å². The monoisotopic (exact) mass is 726 g/mol. The molecule has 3 saturated heterocycles. The molecule has 0 radical (unpaired) electrons. The highest BCUT2D eigenvalue weighted by atomic mass is 19.3. The summed E-state index contributed by atoms with van der Waals surface area (Å²) in [5.74, 6) is 1.21. The quantitative estimate of drug-likeness (QED) is 0.173. The standard InChI is InChI=1S/C46H51FN4O3/c1-3-32-25-43-36(24-42(32)31(2)52)11-15-38-26-48(21-22-51(38)43)27-44(53)50-29-46(30-50)19-20-49(28-46)37-13-9-34(10-14-37)45-40(33-7-5-4-6-8-33)17-12-35-23-39(54-47)16-18-41(35)45/h4-10,13-14,16,18,23-25,38,40,45H,3,11-12,15,17,19-22,26-30H2,1-2H3/t38-,40?,45?/m1/s1. The van der Waals surface area contributed by atoms with E-state index in [1.807, 2.05) is 6.07 Å². The highest BCUT2D eigenvalue weighted by molar-refractivity contribution is 5.96. The SMILES string of the molecule is CCc1cc2c(cc1C(C)=O)CC[C@@H]1CN(CC(=O)N3CC4(CCN(c5ccc(C6c7ccc(OF)cc7CCC6c6ccccc6)cc5)C4)C3)CCN21. The highest BCUT2D eigenvalue weighted by Gasteiger charge is 2.49. The molecule has 4 heterocycles. The molecule has 1 amide bonds. The van der Waals surface area contributed by atoms with Crippen molar-refractivity contribution in [3.63, 3.8) is 0 Å². The number of nitrogens with zero attached hydrogens (tertiary/aromatic N) is 4. The number of benzene rings is 4. The summed E-state index contributed by atoms with van der Waals surface area (Å²) in [4.78, 5) is 39.4. The average molecular weight is 727 g/mol. The predicted octanol–water partition coefficient (Wildman–Crippen LogP) is 7.75. The van der Waals surface area contributed by atoms with E-state index in [1.165, 1.54) is 33.6 Å². The van der Waals surface area contributed by atoms with Gasteiger partial charge >= 0.3 is 0 Å². The zero-order valence-corrected chi connectivity index (χ0v) is 31.6. The second-order valence-corrected chi connectivity index (χ2v) is 16.7. The van der Waals surface area contributed by atoms with E-state index >= 15 is 0 Å². The number of hydrogen-bond donors (Lipinski definition) is 0. The molecule has 8 heteroatoms. The molecule has 1 spiro atoms. The number of amides is 1. The molecule has 5 aliphatic rings. The summed E-state index contributed by atoms with van der Waals surface area (Å²) in [7, 11) is 0. The maximum Gasteiger partial charge on any atom is 0.236 e. The third-order valence-corrected chi connectivity index (χ3v) is 13.4. The van der Waals surface area contributed by atoms with Crippen LogP contribution < -0.4 is 14.7 Å². The molecule has 280 valence electrons. The Morgan fingerprint density at radius 1 is 0.852 bits per heavy atom. The molecule has 0 saturated carbocycles. The number of halogens is 1. The van der Waals surface area contributed by atoms with E-state index in [2.05, 4.69) is 104 Å². The lowest BCUT2D eigenvalue weighted by Crippen LogP contribution is -2.62. The van der Waals surface area contributed by atoms with Crippen molar-refractivity contribution in [1.82, 2.24) is 9.80 Å². The first kappa shape index (κ1) is 35.0. The van der Waals surface area contributed by atoms with E-state index in [9.17, 15) is 14.1 Å². The molecule has 3 fully saturated rings. The van der Waals surface area contributed by atoms with E-state index in [1.54, 1.807) is 13.0 Å². The molecular formula is C46H51FN4O3. The average Bonchev–Trinajstić information content (AvgIpc) is 3.65. The molecule has 7 nitrogen and oxygen atoms in total. The molecule has 4 aromatic carbocycles. The van der Waals surface area contributed by atoms with Gasteiger partial charge in [0.2, 0.25) is 5.91 Å². The molecule has 2 unspecified atom stereocenters. The minimum atomic E-state index is 0.152. The van der Waals surface area contributed by atoms with Crippen molar-refractivity contribution in [3.8, 4) is 5.75 Å². The van der Waals surface area contributed by atoms with Gasteiger partial charge in [-0.2, -0.15) is 0 Å². The van der Waals surface area contributed by atoms with Gasteiger partial charge in [0.05, 0.1) is 6.54 Å². The lowest BCUT2D eigenvalue weighted by atomic mass is 9.69. The van der Waals surface area contributed by atoms with E-state index < -0.39 is 0 Å². The third-order valence-electron chi connectivity index (χ3n) is 13.4. The molecule has 4 aromatic rings. The number of carbonyl (C=O) groups excluding carboxylic acids is 2. The van der Waals surface area contributed by atoms with Crippen LogP contribution in [-0.4, -0.2) is 79.9 Å². The Kier molecular flexibility index (Phi) is 9.20. The largest absolute Gasteiger partial charge is 0.371 e. The molecular weight excluding hydrogens is 676 g/mol. The van der Waals surface area contributed by atoms with Crippen molar-refractivity contribution in [1.29, 1.82) is 0 Å². The Bertz CT molecular complexity index is 2050. The zero-order chi connectivity index (χ0) is 37.0. The molecule has 0 bridgehead atoms. The lowest BCUT2D eigenvalue weighted by Gasteiger charge is -2.50. The molecule has 0 aromatic heterocycles. The predicted molar refractivity (Wildman–Crippen MR) is 212 cm³/mol. The summed E-state index contributed by atoms with van der Waals surface area (Å²) in [5, 5.41) is 0. The van der Waals surface area contributed by atoms with E-state index in [0.717, 1.165) is 101 Å². The Balaban J connectivity index is 0.817. The molecule has 9 rings (SSSR count). The molecule has 4 aliphatic heterocycles. The van der Waals surface area contributed by atoms with Crippen LogP contribution >= 0.6 is 0 Å². The first-order valence-electron chi connectivity index (χ1n) is 20.1. The number of rotatable bonds is 8. The Morgan fingerprint density at radius 2 is 1.65 bits per heavy atom. The maximum absolute atomic E-state index is 13.6. The number of ketones is 1. The fourth-order valence-corrected chi connectivity index (χ4v) is 10.6. The van der Waals surface area contributed by atoms with Gasteiger partial charge in [-0.05, 0) is 121 Å². The lowest BCUT2D eigenvalue weighted by molar-refractivity contribution is -0.143. The van der Waals surface area contributed by atoms with Gasteiger partial charge in [0, 0.05) is 84.7 Å². The van der Waals surface area contributed by atoms with Crippen molar-refractivity contribution < 1.29 is 19.1 Å². The minimum absolute atomic E-state index is 0.152. The van der Waals surface area contributed by atoms with Gasteiger partial charge < -0.3 is 14.7 Å². The highest BCUT2D eigenvalue weighted by Crippen LogP contribution is 2.48. The number of fused-ring (bicyclic) bond motifs is 4. The topological polar surface area (TPSA) is 56.3 Å². The van der Waals surface area contributed by atoms with Crippen molar-refractivity contribution in [2.75, 3.05) is 62.2 Å².